The minimum Gasteiger partial charge on any atom is -0.346 e. The molecule has 0 aliphatic rings. The molecule has 1 heterocycles. The Labute approximate surface area is 71.6 Å². The SMILES string of the molecule is Cn1c(CN)cc2ccccc21. The minimum absolute atomic E-state index is 0.602. The third kappa shape index (κ3) is 0.924. The lowest BCUT2D eigenvalue weighted by atomic mass is 10.2. The van der Waals surface area contributed by atoms with Crippen molar-refractivity contribution in [2.75, 3.05) is 0 Å². The Morgan fingerprint density at radius 1 is 1.33 bits per heavy atom. The first-order chi connectivity index (χ1) is 5.83. The van der Waals surface area contributed by atoms with Crippen LogP contribution < -0.4 is 5.73 Å². The number of rotatable bonds is 1. The van der Waals surface area contributed by atoms with Crippen molar-refractivity contribution in [2.24, 2.45) is 12.8 Å². The highest BCUT2D eigenvalue weighted by Crippen LogP contribution is 2.17. The van der Waals surface area contributed by atoms with E-state index < -0.39 is 0 Å². The van der Waals surface area contributed by atoms with E-state index in [4.69, 9.17) is 5.73 Å². The van der Waals surface area contributed by atoms with Gasteiger partial charge in [-0.1, -0.05) is 18.2 Å². The summed E-state index contributed by atoms with van der Waals surface area (Å²) in [5, 5.41) is 1.26. The fraction of sp³-hybridized carbons (Fsp3) is 0.200. The summed E-state index contributed by atoms with van der Waals surface area (Å²) in [5.41, 5.74) is 8.02. The van der Waals surface area contributed by atoms with Gasteiger partial charge in [-0.05, 0) is 17.5 Å². The van der Waals surface area contributed by atoms with Crippen LogP contribution in [0.1, 0.15) is 5.69 Å². The Balaban J connectivity index is 2.78. The Bertz CT molecular complexity index is 401. The molecule has 2 rings (SSSR count). The zero-order valence-corrected chi connectivity index (χ0v) is 7.12. The number of nitrogens with zero attached hydrogens (tertiary/aromatic N) is 1. The molecule has 2 N–H and O–H groups in total. The van der Waals surface area contributed by atoms with E-state index in [1.54, 1.807) is 0 Å². The molecule has 0 spiro atoms. The van der Waals surface area contributed by atoms with Crippen LogP contribution in [0.2, 0.25) is 0 Å². The lowest BCUT2D eigenvalue weighted by Gasteiger charge is -1.99. The number of hydrogen-bond donors (Lipinski definition) is 1. The van der Waals surface area contributed by atoms with Crippen molar-refractivity contribution in [1.29, 1.82) is 0 Å². The van der Waals surface area contributed by atoms with Crippen molar-refractivity contribution >= 4 is 10.9 Å². The van der Waals surface area contributed by atoms with Crippen LogP contribution in [0.5, 0.6) is 0 Å². The lowest BCUT2D eigenvalue weighted by molar-refractivity contribution is 0.849. The van der Waals surface area contributed by atoms with Gasteiger partial charge in [0.05, 0.1) is 0 Å². The van der Waals surface area contributed by atoms with Gasteiger partial charge in [0.2, 0.25) is 0 Å². The highest BCUT2D eigenvalue weighted by molar-refractivity contribution is 5.81. The molecule has 0 amide bonds. The van der Waals surface area contributed by atoms with Gasteiger partial charge in [-0.3, -0.25) is 0 Å². The summed E-state index contributed by atoms with van der Waals surface area (Å²) in [6.45, 7) is 0.602. The molecule has 0 saturated carbocycles. The second-order valence-corrected chi connectivity index (χ2v) is 2.96. The molecule has 2 aromatic rings. The van der Waals surface area contributed by atoms with Crippen molar-refractivity contribution in [3.63, 3.8) is 0 Å². The number of fused-ring (bicyclic) bond motifs is 1. The zero-order chi connectivity index (χ0) is 8.55. The van der Waals surface area contributed by atoms with Crippen molar-refractivity contribution in [1.82, 2.24) is 4.57 Å². The number of hydrogen-bond acceptors (Lipinski definition) is 1. The predicted molar refractivity (Wildman–Crippen MR) is 50.8 cm³/mol. The van der Waals surface area contributed by atoms with Gasteiger partial charge in [0.1, 0.15) is 0 Å². The summed E-state index contributed by atoms with van der Waals surface area (Å²) in [5.74, 6) is 0. The zero-order valence-electron chi connectivity index (χ0n) is 7.12. The van der Waals surface area contributed by atoms with E-state index in [-0.39, 0.29) is 0 Å². The largest absolute Gasteiger partial charge is 0.346 e. The number of aryl methyl sites for hydroxylation is 1. The average Bonchev–Trinajstić information content (AvgIpc) is 2.44. The summed E-state index contributed by atoms with van der Waals surface area (Å²) in [6.07, 6.45) is 0. The van der Waals surface area contributed by atoms with Crippen LogP contribution in [0.15, 0.2) is 30.3 Å². The van der Waals surface area contributed by atoms with Gasteiger partial charge in [-0.25, -0.2) is 0 Å². The lowest BCUT2D eigenvalue weighted by Crippen LogP contribution is -2.02. The molecular weight excluding hydrogens is 148 g/mol. The highest BCUT2D eigenvalue weighted by atomic mass is 15.0. The summed E-state index contributed by atoms with van der Waals surface area (Å²) in [4.78, 5) is 0. The van der Waals surface area contributed by atoms with Crippen molar-refractivity contribution in [3.05, 3.63) is 36.0 Å². The van der Waals surface area contributed by atoms with E-state index in [1.807, 2.05) is 19.2 Å². The molecule has 0 radical (unpaired) electrons. The topological polar surface area (TPSA) is 30.9 Å². The molecule has 1 aromatic heterocycles. The third-order valence-electron chi connectivity index (χ3n) is 2.26. The van der Waals surface area contributed by atoms with E-state index in [0.717, 1.165) is 0 Å². The van der Waals surface area contributed by atoms with E-state index in [0.29, 0.717) is 6.54 Å². The molecule has 2 nitrogen and oxygen atoms in total. The molecule has 0 aliphatic carbocycles. The van der Waals surface area contributed by atoms with E-state index in [1.165, 1.54) is 16.6 Å². The fourth-order valence-corrected chi connectivity index (χ4v) is 1.54. The molecule has 1 aromatic carbocycles. The quantitative estimate of drug-likeness (QED) is 0.675. The predicted octanol–water partition coefficient (Wildman–Crippen LogP) is 1.64. The van der Waals surface area contributed by atoms with Crippen molar-refractivity contribution in [3.8, 4) is 0 Å². The van der Waals surface area contributed by atoms with Crippen molar-refractivity contribution in [2.45, 2.75) is 6.54 Å². The Hall–Kier alpha value is -1.28. The first-order valence-corrected chi connectivity index (χ1v) is 4.06. The van der Waals surface area contributed by atoms with Crippen LogP contribution in [0.25, 0.3) is 10.9 Å². The Kier molecular flexibility index (Phi) is 1.62. The molecule has 12 heavy (non-hydrogen) atoms. The van der Waals surface area contributed by atoms with Gasteiger partial charge in [-0.2, -0.15) is 0 Å². The number of aromatic nitrogens is 1. The van der Waals surface area contributed by atoms with Gasteiger partial charge >= 0.3 is 0 Å². The molecule has 0 saturated heterocycles. The summed E-state index contributed by atoms with van der Waals surface area (Å²) >= 11 is 0. The van der Waals surface area contributed by atoms with Gasteiger partial charge in [0.15, 0.2) is 0 Å². The second kappa shape index (κ2) is 2.64. The van der Waals surface area contributed by atoms with Crippen LogP contribution in [0.4, 0.5) is 0 Å². The van der Waals surface area contributed by atoms with Crippen LogP contribution >= 0.6 is 0 Å². The van der Waals surface area contributed by atoms with Gasteiger partial charge in [0.25, 0.3) is 0 Å². The summed E-state index contributed by atoms with van der Waals surface area (Å²) < 4.78 is 2.13. The smallest absolute Gasteiger partial charge is 0.0480 e. The third-order valence-corrected chi connectivity index (χ3v) is 2.26. The molecule has 0 fully saturated rings. The van der Waals surface area contributed by atoms with Crippen molar-refractivity contribution < 1.29 is 0 Å². The molecule has 2 heteroatoms. The molecule has 0 unspecified atom stereocenters. The van der Waals surface area contributed by atoms with E-state index >= 15 is 0 Å². The molecular formula is C10H12N2. The number of nitrogens with two attached hydrogens (primary N) is 1. The summed E-state index contributed by atoms with van der Waals surface area (Å²) in [6, 6.07) is 10.4. The van der Waals surface area contributed by atoms with E-state index in [2.05, 4.69) is 22.8 Å². The van der Waals surface area contributed by atoms with Crippen LogP contribution in [-0.4, -0.2) is 4.57 Å². The maximum atomic E-state index is 5.59. The first kappa shape index (κ1) is 7.37. The molecule has 0 atom stereocenters. The normalized spacial score (nSPS) is 10.8. The van der Waals surface area contributed by atoms with Gasteiger partial charge < -0.3 is 10.3 Å². The number of para-hydroxylation sites is 1. The van der Waals surface area contributed by atoms with Crippen LogP contribution in [0, 0.1) is 0 Å². The fourth-order valence-electron chi connectivity index (χ4n) is 1.54. The summed E-state index contributed by atoms with van der Waals surface area (Å²) in [7, 11) is 2.05. The van der Waals surface area contributed by atoms with Crippen LogP contribution in [-0.2, 0) is 13.6 Å². The Morgan fingerprint density at radius 3 is 2.75 bits per heavy atom. The number of benzene rings is 1. The minimum atomic E-state index is 0.602. The molecule has 0 aliphatic heterocycles. The maximum absolute atomic E-state index is 5.59. The molecule has 0 bridgehead atoms. The standard InChI is InChI=1S/C10H12N2/c1-12-9(7-11)6-8-4-2-3-5-10(8)12/h2-6H,7,11H2,1H3. The van der Waals surface area contributed by atoms with E-state index in [9.17, 15) is 0 Å². The highest BCUT2D eigenvalue weighted by Gasteiger charge is 2.01. The second-order valence-electron chi connectivity index (χ2n) is 2.96. The first-order valence-electron chi connectivity index (χ1n) is 4.06. The molecule has 62 valence electrons. The van der Waals surface area contributed by atoms with Gasteiger partial charge in [-0.15, -0.1) is 0 Å². The Morgan fingerprint density at radius 2 is 2.08 bits per heavy atom. The maximum Gasteiger partial charge on any atom is 0.0480 e. The average molecular weight is 160 g/mol. The van der Waals surface area contributed by atoms with Crippen LogP contribution in [0.3, 0.4) is 0 Å². The monoisotopic (exact) mass is 160 g/mol. The van der Waals surface area contributed by atoms with Gasteiger partial charge in [0, 0.05) is 24.8 Å².